The minimum Gasteiger partial charge on any atom is -0.490 e. The summed E-state index contributed by atoms with van der Waals surface area (Å²) in [6.45, 7) is 4.00. The van der Waals surface area contributed by atoms with E-state index in [2.05, 4.69) is 6.58 Å². The lowest BCUT2D eigenvalue weighted by Gasteiger charge is -2.38. The molecule has 128 valence electrons. The molecule has 2 atom stereocenters. The number of carbonyl (C=O) groups excluding carboxylic acids is 2. The Bertz CT molecular complexity index is 754. The molecule has 0 N–H and O–H groups in total. The highest BCUT2D eigenvalue weighted by Crippen LogP contribution is 2.31. The minimum absolute atomic E-state index is 0.0836. The average Bonchev–Trinajstić information content (AvgIpc) is 2.66. The standard InChI is InChI=1S/C20H18O5/c1-14-17(12-23-19(21)15-8-4-2-5-9-15)18(25-14)13-24-20(22)16-10-6-3-7-11-16/h2-11,17-18H,1,12-13H2/t17-,18+/m0/s1. The van der Waals surface area contributed by atoms with Crippen LogP contribution in [-0.4, -0.2) is 31.3 Å². The van der Waals surface area contributed by atoms with Crippen molar-refractivity contribution in [1.29, 1.82) is 0 Å². The predicted octanol–water partition coefficient (Wildman–Crippen LogP) is 3.23. The Morgan fingerprint density at radius 1 is 0.840 bits per heavy atom. The molecule has 1 aliphatic heterocycles. The van der Waals surface area contributed by atoms with Gasteiger partial charge in [-0.25, -0.2) is 9.59 Å². The van der Waals surface area contributed by atoms with Crippen LogP contribution in [0.4, 0.5) is 0 Å². The monoisotopic (exact) mass is 338 g/mol. The molecule has 0 radical (unpaired) electrons. The lowest BCUT2D eigenvalue weighted by atomic mass is 9.96. The number of ether oxygens (including phenoxy) is 3. The van der Waals surface area contributed by atoms with Crippen molar-refractivity contribution >= 4 is 11.9 Å². The maximum atomic E-state index is 12.0. The van der Waals surface area contributed by atoms with Gasteiger partial charge < -0.3 is 14.2 Å². The SMILES string of the molecule is C=C1O[C@H](COC(=O)c2ccccc2)[C@H]1COC(=O)c1ccccc1. The second-order valence-corrected chi connectivity index (χ2v) is 5.66. The van der Waals surface area contributed by atoms with Gasteiger partial charge in [-0.3, -0.25) is 0 Å². The average molecular weight is 338 g/mol. The summed E-state index contributed by atoms with van der Waals surface area (Å²) in [6, 6.07) is 17.5. The number of esters is 2. The summed E-state index contributed by atoms with van der Waals surface area (Å²) in [4.78, 5) is 23.9. The van der Waals surface area contributed by atoms with E-state index in [1.165, 1.54) is 0 Å². The first kappa shape index (κ1) is 16.8. The Morgan fingerprint density at radius 2 is 1.32 bits per heavy atom. The molecular weight excluding hydrogens is 320 g/mol. The highest BCUT2D eigenvalue weighted by Gasteiger charge is 2.39. The van der Waals surface area contributed by atoms with Crippen LogP contribution in [-0.2, 0) is 14.2 Å². The number of benzene rings is 2. The van der Waals surface area contributed by atoms with E-state index in [0.717, 1.165) is 0 Å². The first-order valence-electron chi connectivity index (χ1n) is 7.95. The molecule has 0 unspecified atom stereocenters. The summed E-state index contributed by atoms with van der Waals surface area (Å²) in [7, 11) is 0. The van der Waals surface area contributed by atoms with Gasteiger partial charge >= 0.3 is 11.9 Å². The van der Waals surface area contributed by atoms with E-state index in [9.17, 15) is 9.59 Å². The van der Waals surface area contributed by atoms with Crippen molar-refractivity contribution in [3.05, 3.63) is 84.1 Å². The smallest absolute Gasteiger partial charge is 0.338 e. The molecule has 0 saturated carbocycles. The predicted molar refractivity (Wildman–Crippen MR) is 91.0 cm³/mol. The van der Waals surface area contributed by atoms with Crippen LogP contribution in [0.5, 0.6) is 0 Å². The Labute approximate surface area is 145 Å². The molecule has 0 spiro atoms. The lowest BCUT2D eigenvalue weighted by Crippen LogP contribution is -2.44. The van der Waals surface area contributed by atoms with Gasteiger partial charge in [-0.2, -0.15) is 0 Å². The third kappa shape index (κ3) is 4.07. The molecule has 1 heterocycles. The van der Waals surface area contributed by atoms with Crippen LogP contribution in [0.1, 0.15) is 20.7 Å². The summed E-state index contributed by atoms with van der Waals surface area (Å²) >= 11 is 0. The minimum atomic E-state index is -0.415. The maximum Gasteiger partial charge on any atom is 0.338 e. The first-order chi connectivity index (χ1) is 12.1. The van der Waals surface area contributed by atoms with Crippen LogP contribution in [0.15, 0.2) is 73.0 Å². The van der Waals surface area contributed by atoms with E-state index in [-0.39, 0.29) is 25.2 Å². The second kappa shape index (κ2) is 7.66. The molecule has 1 saturated heterocycles. The summed E-state index contributed by atoms with van der Waals surface area (Å²) in [5.74, 6) is -0.472. The molecule has 0 bridgehead atoms. The van der Waals surface area contributed by atoms with Crippen molar-refractivity contribution in [2.45, 2.75) is 6.10 Å². The van der Waals surface area contributed by atoms with Crippen LogP contribution >= 0.6 is 0 Å². The molecule has 3 rings (SSSR count). The second-order valence-electron chi connectivity index (χ2n) is 5.66. The molecule has 5 nitrogen and oxygen atoms in total. The number of hydrogen-bond acceptors (Lipinski definition) is 5. The summed E-state index contributed by atoms with van der Waals surface area (Å²) < 4.78 is 16.0. The molecule has 0 aliphatic carbocycles. The molecule has 5 heteroatoms. The van der Waals surface area contributed by atoms with E-state index in [1.807, 2.05) is 12.1 Å². The van der Waals surface area contributed by atoms with Crippen molar-refractivity contribution in [1.82, 2.24) is 0 Å². The molecule has 1 fully saturated rings. The van der Waals surface area contributed by atoms with Gasteiger partial charge in [0.25, 0.3) is 0 Å². The summed E-state index contributed by atoms with van der Waals surface area (Å²) in [5, 5.41) is 0. The molecule has 25 heavy (non-hydrogen) atoms. The van der Waals surface area contributed by atoms with Gasteiger partial charge in [0, 0.05) is 0 Å². The van der Waals surface area contributed by atoms with E-state index in [4.69, 9.17) is 14.2 Å². The number of carbonyl (C=O) groups is 2. The van der Waals surface area contributed by atoms with Gasteiger partial charge in [0.05, 0.1) is 22.8 Å². The van der Waals surface area contributed by atoms with Crippen LogP contribution in [0.25, 0.3) is 0 Å². The molecule has 0 aromatic heterocycles. The lowest BCUT2D eigenvalue weighted by molar-refractivity contribution is -0.0955. The Morgan fingerprint density at radius 3 is 1.80 bits per heavy atom. The summed E-state index contributed by atoms with van der Waals surface area (Å²) in [5.41, 5.74) is 0.966. The van der Waals surface area contributed by atoms with Crippen LogP contribution in [0.2, 0.25) is 0 Å². The maximum absolute atomic E-state index is 12.0. The van der Waals surface area contributed by atoms with Gasteiger partial charge in [0.2, 0.25) is 0 Å². The summed E-state index contributed by atoms with van der Waals surface area (Å²) in [6.07, 6.45) is -0.358. The van der Waals surface area contributed by atoms with Crippen molar-refractivity contribution in [3.63, 3.8) is 0 Å². The fourth-order valence-corrected chi connectivity index (χ4v) is 2.49. The molecule has 0 amide bonds. The van der Waals surface area contributed by atoms with E-state index in [0.29, 0.717) is 16.9 Å². The van der Waals surface area contributed by atoms with Gasteiger partial charge in [0.15, 0.2) is 0 Å². The van der Waals surface area contributed by atoms with Crippen molar-refractivity contribution in [2.24, 2.45) is 5.92 Å². The van der Waals surface area contributed by atoms with Gasteiger partial charge in [-0.05, 0) is 24.3 Å². The van der Waals surface area contributed by atoms with E-state index >= 15 is 0 Å². The van der Waals surface area contributed by atoms with Crippen molar-refractivity contribution in [2.75, 3.05) is 13.2 Å². The first-order valence-corrected chi connectivity index (χ1v) is 7.95. The topological polar surface area (TPSA) is 61.8 Å². The van der Waals surface area contributed by atoms with Crippen LogP contribution < -0.4 is 0 Å². The third-order valence-corrected chi connectivity index (χ3v) is 3.96. The highest BCUT2D eigenvalue weighted by molar-refractivity contribution is 5.89. The van der Waals surface area contributed by atoms with Crippen LogP contribution in [0, 0.1) is 5.92 Å². The quantitative estimate of drug-likeness (QED) is 0.757. The van der Waals surface area contributed by atoms with E-state index < -0.39 is 11.9 Å². The molecular formula is C20H18O5. The molecule has 1 aliphatic rings. The fourth-order valence-electron chi connectivity index (χ4n) is 2.49. The number of hydrogen-bond donors (Lipinski definition) is 0. The molecule has 2 aromatic carbocycles. The van der Waals surface area contributed by atoms with Gasteiger partial charge in [0.1, 0.15) is 19.3 Å². The normalized spacial score (nSPS) is 18.6. The van der Waals surface area contributed by atoms with Crippen molar-refractivity contribution < 1.29 is 23.8 Å². The van der Waals surface area contributed by atoms with Crippen molar-refractivity contribution in [3.8, 4) is 0 Å². The van der Waals surface area contributed by atoms with Crippen LogP contribution in [0.3, 0.4) is 0 Å². The zero-order chi connectivity index (χ0) is 17.6. The Hall–Kier alpha value is -3.08. The van der Waals surface area contributed by atoms with E-state index in [1.54, 1.807) is 48.5 Å². The highest BCUT2D eigenvalue weighted by atomic mass is 16.6. The molecule has 2 aromatic rings. The zero-order valence-electron chi connectivity index (χ0n) is 13.6. The zero-order valence-corrected chi connectivity index (χ0v) is 13.6. The Kier molecular flexibility index (Phi) is 5.14. The van der Waals surface area contributed by atoms with Gasteiger partial charge in [-0.15, -0.1) is 0 Å². The fraction of sp³-hybridized carbons (Fsp3) is 0.200. The number of rotatable bonds is 6. The third-order valence-electron chi connectivity index (χ3n) is 3.96. The van der Waals surface area contributed by atoms with Gasteiger partial charge in [-0.1, -0.05) is 43.0 Å². The largest absolute Gasteiger partial charge is 0.490 e. The Balaban J connectivity index is 1.48.